The van der Waals surface area contributed by atoms with Gasteiger partial charge in [-0.2, -0.15) is 0 Å². The van der Waals surface area contributed by atoms with Gasteiger partial charge in [0.05, 0.1) is 0 Å². The maximum Gasteiger partial charge on any atom is 0.313 e. The van der Waals surface area contributed by atoms with E-state index in [1.165, 1.54) is 0 Å². The molecule has 0 heterocycles. The molecule has 112 valence electrons. The molecule has 3 atom stereocenters. The lowest BCUT2D eigenvalue weighted by Gasteiger charge is -2.17. The van der Waals surface area contributed by atoms with Crippen LogP contribution in [0.3, 0.4) is 0 Å². The summed E-state index contributed by atoms with van der Waals surface area (Å²) in [5.74, 6) is 0.807. The molecule has 3 unspecified atom stereocenters. The topological polar surface area (TPSA) is 43.4 Å². The zero-order valence-corrected chi connectivity index (χ0v) is 13.4. The molecule has 0 aliphatic carbocycles. The van der Waals surface area contributed by atoms with Crippen molar-refractivity contribution in [3.05, 3.63) is 0 Å². The number of carbonyl (C=O) groups is 2. The van der Waals surface area contributed by atoms with Gasteiger partial charge in [-0.05, 0) is 30.1 Å². The predicted molar refractivity (Wildman–Crippen MR) is 77.6 cm³/mol. The quantitative estimate of drug-likeness (QED) is 0.490. The summed E-state index contributed by atoms with van der Waals surface area (Å²) in [6, 6.07) is 0. The zero-order valence-electron chi connectivity index (χ0n) is 13.4. The Morgan fingerprint density at radius 2 is 1.42 bits per heavy atom. The molecule has 0 aliphatic rings. The Kier molecular flexibility index (Phi) is 8.70. The molecule has 0 spiro atoms. The average Bonchev–Trinajstić information content (AvgIpc) is 2.25. The molecule has 0 aromatic carbocycles. The SMILES string of the molecule is CCC(C)C(C)CC(=O)OC(=O)CC(C)CC(C)C. The predicted octanol–water partition coefficient (Wildman–Crippen LogP) is 4.20. The third kappa shape index (κ3) is 8.79. The maximum atomic E-state index is 11.6. The van der Waals surface area contributed by atoms with Crippen molar-refractivity contribution in [2.45, 2.75) is 67.2 Å². The van der Waals surface area contributed by atoms with Crippen molar-refractivity contribution in [3.63, 3.8) is 0 Å². The molecule has 3 nitrogen and oxygen atoms in total. The summed E-state index contributed by atoms with van der Waals surface area (Å²) in [4.78, 5) is 23.3. The molecule has 0 N–H and O–H groups in total. The van der Waals surface area contributed by atoms with Gasteiger partial charge in [-0.15, -0.1) is 0 Å². The number of hydrogen-bond acceptors (Lipinski definition) is 3. The summed E-state index contributed by atoms with van der Waals surface area (Å²) in [6.07, 6.45) is 2.68. The van der Waals surface area contributed by atoms with Crippen LogP contribution in [0.4, 0.5) is 0 Å². The summed E-state index contributed by atoms with van der Waals surface area (Å²) in [5.41, 5.74) is 0. The highest BCUT2D eigenvalue weighted by Gasteiger charge is 2.19. The Balaban J connectivity index is 4.02. The second-order valence-corrected chi connectivity index (χ2v) is 6.35. The van der Waals surface area contributed by atoms with E-state index in [4.69, 9.17) is 4.74 Å². The molecule has 0 amide bonds. The molecule has 3 heteroatoms. The minimum Gasteiger partial charge on any atom is -0.393 e. The van der Waals surface area contributed by atoms with E-state index in [-0.39, 0.29) is 23.8 Å². The van der Waals surface area contributed by atoms with Crippen molar-refractivity contribution < 1.29 is 14.3 Å². The van der Waals surface area contributed by atoms with Crippen molar-refractivity contribution in [2.24, 2.45) is 23.7 Å². The molecule has 19 heavy (non-hydrogen) atoms. The number of ether oxygens (including phenoxy) is 1. The highest BCUT2D eigenvalue weighted by molar-refractivity contribution is 5.85. The maximum absolute atomic E-state index is 11.6. The smallest absolute Gasteiger partial charge is 0.313 e. The summed E-state index contributed by atoms with van der Waals surface area (Å²) < 4.78 is 4.89. The lowest BCUT2D eigenvalue weighted by Crippen LogP contribution is -2.19. The molecular weight excluding hydrogens is 240 g/mol. The van der Waals surface area contributed by atoms with Crippen LogP contribution < -0.4 is 0 Å². The van der Waals surface area contributed by atoms with Crippen molar-refractivity contribution in [1.29, 1.82) is 0 Å². The molecule has 0 aromatic heterocycles. The second-order valence-electron chi connectivity index (χ2n) is 6.35. The van der Waals surface area contributed by atoms with Crippen molar-refractivity contribution in [2.75, 3.05) is 0 Å². The van der Waals surface area contributed by atoms with E-state index in [0.717, 1.165) is 12.8 Å². The van der Waals surface area contributed by atoms with Crippen molar-refractivity contribution in [3.8, 4) is 0 Å². The van der Waals surface area contributed by atoms with E-state index in [0.29, 0.717) is 24.7 Å². The van der Waals surface area contributed by atoms with E-state index >= 15 is 0 Å². The first-order chi connectivity index (χ1) is 8.76. The van der Waals surface area contributed by atoms with E-state index < -0.39 is 0 Å². The monoisotopic (exact) mass is 270 g/mol. The molecule has 0 fully saturated rings. The fraction of sp³-hybridized carbons (Fsp3) is 0.875. The first kappa shape index (κ1) is 18.1. The molecule has 0 aromatic rings. The van der Waals surface area contributed by atoms with Crippen LogP contribution in [0.5, 0.6) is 0 Å². The van der Waals surface area contributed by atoms with Crippen LogP contribution in [0, 0.1) is 23.7 Å². The molecule has 0 aliphatic heterocycles. The molecule has 0 saturated carbocycles. The zero-order chi connectivity index (χ0) is 15.0. The number of esters is 2. The van der Waals surface area contributed by atoms with Gasteiger partial charge in [-0.25, -0.2) is 0 Å². The first-order valence-corrected chi connectivity index (χ1v) is 7.49. The normalized spacial score (nSPS) is 15.9. The van der Waals surface area contributed by atoms with Gasteiger partial charge in [0.25, 0.3) is 0 Å². The van der Waals surface area contributed by atoms with Gasteiger partial charge in [-0.3, -0.25) is 9.59 Å². The molecular formula is C16H30O3. The summed E-state index contributed by atoms with van der Waals surface area (Å²) in [7, 11) is 0. The van der Waals surface area contributed by atoms with Gasteiger partial charge in [-0.1, -0.05) is 48.0 Å². The Hall–Kier alpha value is -0.860. The Labute approximate surface area is 118 Å². The molecule has 0 saturated heterocycles. The van der Waals surface area contributed by atoms with E-state index in [2.05, 4.69) is 27.7 Å². The van der Waals surface area contributed by atoms with Crippen LogP contribution in [0.25, 0.3) is 0 Å². The Morgan fingerprint density at radius 1 is 0.895 bits per heavy atom. The van der Waals surface area contributed by atoms with Crippen LogP contribution in [0.15, 0.2) is 0 Å². The van der Waals surface area contributed by atoms with Gasteiger partial charge >= 0.3 is 11.9 Å². The van der Waals surface area contributed by atoms with Crippen LogP contribution in [0.1, 0.15) is 67.2 Å². The lowest BCUT2D eigenvalue weighted by atomic mass is 9.91. The number of hydrogen-bond donors (Lipinski definition) is 0. The van der Waals surface area contributed by atoms with Crippen molar-refractivity contribution >= 4 is 11.9 Å². The molecule has 0 rings (SSSR count). The highest BCUT2D eigenvalue weighted by Crippen LogP contribution is 2.19. The molecule has 0 radical (unpaired) electrons. The fourth-order valence-corrected chi connectivity index (χ4v) is 2.25. The van der Waals surface area contributed by atoms with Crippen LogP contribution in [-0.4, -0.2) is 11.9 Å². The Morgan fingerprint density at radius 3 is 1.89 bits per heavy atom. The van der Waals surface area contributed by atoms with Gasteiger partial charge in [0.2, 0.25) is 0 Å². The van der Waals surface area contributed by atoms with Crippen molar-refractivity contribution in [1.82, 2.24) is 0 Å². The van der Waals surface area contributed by atoms with Crippen LogP contribution in [-0.2, 0) is 14.3 Å². The molecule has 0 bridgehead atoms. The standard InChI is InChI=1S/C16H30O3/c1-7-13(5)14(6)10-16(18)19-15(17)9-12(4)8-11(2)3/h11-14H,7-10H2,1-6H3. The van der Waals surface area contributed by atoms with E-state index in [9.17, 15) is 9.59 Å². The fourth-order valence-electron chi connectivity index (χ4n) is 2.25. The van der Waals surface area contributed by atoms with Crippen LogP contribution >= 0.6 is 0 Å². The minimum atomic E-state index is -0.380. The average molecular weight is 270 g/mol. The number of rotatable bonds is 8. The van der Waals surface area contributed by atoms with Crippen LogP contribution in [0.2, 0.25) is 0 Å². The van der Waals surface area contributed by atoms with Gasteiger partial charge in [0.1, 0.15) is 0 Å². The first-order valence-electron chi connectivity index (χ1n) is 7.49. The van der Waals surface area contributed by atoms with Gasteiger partial charge in [0, 0.05) is 12.8 Å². The summed E-state index contributed by atoms with van der Waals surface area (Å²) >= 11 is 0. The Bertz CT molecular complexity index is 284. The lowest BCUT2D eigenvalue weighted by molar-refractivity contribution is -0.161. The van der Waals surface area contributed by atoms with Gasteiger partial charge < -0.3 is 4.74 Å². The summed E-state index contributed by atoms with van der Waals surface area (Å²) in [6.45, 7) is 12.5. The highest BCUT2D eigenvalue weighted by atomic mass is 16.6. The largest absolute Gasteiger partial charge is 0.393 e. The second kappa shape index (κ2) is 9.11. The van der Waals surface area contributed by atoms with Gasteiger partial charge in [0.15, 0.2) is 0 Å². The minimum absolute atomic E-state index is 0.262. The van der Waals surface area contributed by atoms with E-state index in [1.54, 1.807) is 0 Å². The number of carbonyl (C=O) groups excluding carboxylic acids is 2. The summed E-state index contributed by atoms with van der Waals surface area (Å²) in [5, 5.41) is 0. The third-order valence-corrected chi connectivity index (χ3v) is 3.72. The third-order valence-electron chi connectivity index (χ3n) is 3.72. The van der Waals surface area contributed by atoms with E-state index in [1.807, 2.05) is 13.8 Å².